The highest BCUT2D eigenvalue weighted by molar-refractivity contribution is 5.91. The van der Waals surface area contributed by atoms with Crippen molar-refractivity contribution in [2.45, 2.75) is 12.5 Å². The van der Waals surface area contributed by atoms with Crippen molar-refractivity contribution < 1.29 is 18.7 Å². The first-order valence-electron chi connectivity index (χ1n) is 4.23. The van der Waals surface area contributed by atoms with Crippen molar-refractivity contribution in [2.75, 3.05) is 6.54 Å². The van der Waals surface area contributed by atoms with Gasteiger partial charge in [0, 0.05) is 19.8 Å². The molecule has 1 amide bonds. The number of aliphatic hydroxyl groups excluding tert-OH is 1. The average Bonchev–Trinajstić information content (AvgIpc) is 2.60. The minimum absolute atomic E-state index is 0.124. The molecule has 0 fully saturated rings. The summed E-state index contributed by atoms with van der Waals surface area (Å²) in [5.74, 6) is -0.588. The van der Waals surface area contributed by atoms with Gasteiger partial charge in [-0.1, -0.05) is 0 Å². The lowest BCUT2D eigenvalue weighted by molar-refractivity contribution is -0.00272. The summed E-state index contributed by atoms with van der Waals surface area (Å²) in [6, 6.07) is 0. The summed E-state index contributed by atoms with van der Waals surface area (Å²) in [5.41, 5.74) is 0.124. The Morgan fingerprint density at radius 1 is 1.73 bits per heavy atom. The molecule has 0 aromatic carbocycles. The lowest BCUT2D eigenvalue weighted by atomic mass is 10.3. The number of carbonyl (C=O) groups is 1. The van der Waals surface area contributed by atoms with Crippen LogP contribution in [-0.2, 0) is 7.05 Å². The van der Waals surface area contributed by atoms with Gasteiger partial charge in [-0.3, -0.25) is 4.79 Å². The smallest absolute Gasteiger partial charge is 0.271 e. The van der Waals surface area contributed by atoms with Gasteiger partial charge in [0.2, 0.25) is 0 Å². The van der Waals surface area contributed by atoms with E-state index in [4.69, 9.17) is 5.11 Å². The molecule has 0 radical (unpaired) electrons. The van der Waals surface area contributed by atoms with Crippen molar-refractivity contribution >= 4 is 5.91 Å². The second-order valence-corrected chi connectivity index (χ2v) is 3.04. The molecule has 0 saturated carbocycles. The van der Waals surface area contributed by atoms with E-state index in [0.717, 1.165) is 0 Å². The van der Waals surface area contributed by atoms with Gasteiger partial charge in [-0.15, -0.1) is 0 Å². The van der Waals surface area contributed by atoms with E-state index in [1.807, 2.05) is 0 Å². The Bertz CT molecular complexity index is 340. The Morgan fingerprint density at radius 3 is 2.87 bits per heavy atom. The van der Waals surface area contributed by atoms with Crippen LogP contribution in [0.15, 0.2) is 12.5 Å². The zero-order chi connectivity index (χ0) is 11.4. The number of hydrogen-bond acceptors (Lipinski definition) is 3. The summed E-state index contributed by atoms with van der Waals surface area (Å²) in [5, 5.41) is 10.9. The maximum absolute atomic E-state index is 11.9. The SMILES string of the molecule is Cn1cnc(C(=O)NCC(O)C(F)F)c1. The number of hydrogen-bond donors (Lipinski definition) is 2. The molecule has 0 saturated heterocycles. The average molecular weight is 219 g/mol. The standard InChI is InChI=1S/C8H11F2N3O2/c1-13-3-5(12-4-13)8(15)11-2-6(14)7(9)10/h3-4,6-7,14H,2H2,1H3,(H,11,15). The maximum Gasteiger partial charge on any atom is 0.271 e. The minimum atomic E-state index is -2.87. The second-order valence-electron chi connectivity index (χ2n) is 3.04. The van der Waals surface area contributed by atoms with Crippen LogP contribution in [0.2, 0.25) is 0 Å². The van der Waals surface area contributed by atoms with Crippen LogP contribution in [0.5, 0.6) is 0 Å². The van der Waals surface area contributed by atoms with Crippen LogP contribution in [-0.4, -0.2) is 39.6 Å². The normalized spacial score (nSPS) is 12.9. The van der Waals surface area contributed by atoms with Gasteiger partial charge in [0.15, 0.2) is 0 Å². The molecule has 1 aromatic heterocycles. The van der Waals surface area contributed by atoms with Crippen LogP contribution in [0.1, 0.15) is 10.5 Å². The molecule has 15 heavy (non-hydrogen) atoms. The highest BCUT2D eigenvalue weighted by Crippen LogP contribution is 1.99. The Balaban J connectivity index is 2.43. The van der Waals surface area contributed by atoms with Crippen LogP contribution in [0.3, 0.4) is 0 Å². The van der Waals surface area contributed by atoms with Crippen molar-refractivity contribution in [1.82, 2.24) is 14.9 Å². The van der Waals surface area contributed by atoms with Crippen LogP contribution in [0, 0.1) is 0 Å². The molecule has 1 heterocycles. The number of rotatable bonds is 4. The van der Waals surface area contributed by atoms with Crippen molar-refractivity contribution in [3.63, 3.8) is 0 Å². The lowest BCUT2D eigenvalue weighted by Gasteiger charge is -2.09. The van der Waals surface area contributed by atoms with Gasteiger partial charge in [-0.25, -0.2) is 13.8 Å². The van der Waals surface area contributed by atoms with E-state index < -0.39 is 25.0 Å². The van der Waals surface area contributed by atoms with Crippen molar-refractivity contribution in [1.29, 1.82) is 0 Å². The number of aromatic nitrogens is 2. The van der Waals surface area contributed by atoms with Gasteiger partial charge in [-0.2, -0.15) is 0 Å². The Labute approximate surface area is 84.7 Å². The number of halogens is 2. The molecule has 2 N–H and O–H groups in total. The van der Waals surface area contributed by atoms with Gasteiger partial charge >= 0.3 is 0 Å². The molecule has 0 aliphatic heterocycles. The summed E-state index contributed by atoms with van der Waals surface area (Å²) in [6.45, 7) is -0.493. The molecule has 0 aliphatic carbocycles. The Hall–Kier alpha value is -1.50. The van der Waals surface area contributed by atoms with Gasteiger partial charge in [0.25, 0.3) is 12.3 Å². The van der Waals surface area contributed by atoms with E-state index >= 15 is 0 Å². The molecule has 5 nitrogen and oxygen atoms in total. The number of nitrogens with zero attached hydrogens (tertiary/aromatic N) is 2. The van der Waals surface area contributed by atoms with Crippen molar-refractivity contribution in [3.05, 3.63) is 18.2 Å². The first-order valence-corrected chi connectivity index (χ1v) is 4.23. The van der Waals surface area contributed by atoms with Crippen LogP contribution in [0.25, 0.3) is 0 Å². The number of aliphatic hydroxyl groups is 1. The number of imidazole rings is 1. The molecule has 0 spiro atoms. The number of alkyl halides is 2. The fourth-order valence-corrected chi connectivity index (χ4v) is 0.907. The fraction of sp³-hybridized carbons (Fsp3) is 0.500. The zero-order valence-electron chi connectivity index (χ0n) is 8.02. The lowest BCUT2D eigenvalue weighted by Crippen LogP contribution is -2.35. The predicted molar refractivity (Wildman–Crippen MR) is 47.6 cm³/mol. The quantitative estimate of drug-likeness (QED) is 0.735. The summed E-state index contributed by atoms with van der Waals surface area (Å²) in [7, 11) is 1.68. The highest BCUT2D eigenvalue weighted by Gasteiger charge is 2.18. The molecule has 84 valence electrons. The number of nitrogens with one attached hydrogen (secondary N) is 1. The van der Waals surface area contributed by atoms with E-state index in [9.17, 15) is 13.6 Å². The van der Waals surface area contributed by atoms with E-state index in [1.165, 1.54) is 12.5 Å². The van der Waals surface area contributed by atoms with E-state index in [2.05, 4.69) is 10.3 Å². The molecule has 0 bridgehead atoms. The first-order chi connectivity index (χ1) is 7.00. The molecule has 1 aromatic rings. The molecule has 0 aliphatic rings. The van der Waals surface area contributed by atoms with Gasteiger partial charge < -0.3 is 15.0 Å². The van der Waals surface area contributed by atoms with Crippen LogP contribution >= 0.6 is 0 Å². The molecule has 1 rings (SSSR count). The molecule has 1 atom stereocenters. The first kappa shape index (κ1) is 11.6. The third-order valence-electron chi connectivity index (χ3n) is 1.70. The topological polar surface area (TPSA) is 67.2 Å². The molecule has 1 unspecified atom stereocenters. The largest absolute Gasteiger partial charge is 0.385 e. The zero-order valence-corrected chi connectivity index (χ0v) is 8.02. The maximum atomic E-state index is 11.9. The second kappa shape index (κ2) is 4.83. The van der Waals surface area contributed by atoms with Gasteiger partial charge in [0.1, 0.15) is 11.8 Å². The number of carbonyl (C=O) groups excluding carboxylic acids is 1. The summed E-state index contributed by atoms with van der Waals surface area (Å²) >= 11 is 0. The fourth-order valence-electron chi connectivity index (χ4n) is 0.907. The van der Waals surface area contributed by atoms with Gasteiger partial charge in [0.05, 0.1) is 6.33 Å². The summed E-state index contributed by atoms with van der Waals surface area (Å²) < 4.78 is 25.3. The van der Waals surface area contributed by atoms with Crippen molar-refractivity contribution in [2.24, 2.45) is 7.05 Å². The molecular formula is C8H11F2N3O2. The van der Waals surface area contributed by atoms with Crippen LogP contribution < -0.4 is 5.32 Å². The Morgan fingerprint density at radius 2 is 2.40 bits per heavy atom. The predicted octanol–water partition coefficient (Wildman–Crippen LogP) is -0.224. The molecular weight excluding hydrogens is 208 g/mol. The number of amides is 1. The van der Waals surface area contributed by atoms with Crippen molar-refractivity contribution in [3.8, 4) is 0 Å². The highest BCUT2D eigenvalue weighted by atomic mass is 19.3. The summed E-state index contributed by atoms with van der Waals surface area (Å²) in [6.07, 6.45) is -1.85. The number of aryl methyl sites for hydroxylation is 1. The molecule has 7 heteroatoms. The minimum Gasteiger partial charge on any atom is -0.385 e. The van der Waals surface area contributed by atoms with E-state index in [-0.39, 0.29) is 5.69 Å². The van der Waals surface area contributed by atoms with E-state index in [1.54, 1.807) is 11.6 Å². The monoisotopic (exact) mass is 219 g/mol. The third kappa shape index (κ3) is 3.28. The third-order valence-corrected chi connectivity index (χ3v) is 1.70. The Kier molecular flexibility index (Phi) is 3.73. The van der Waals surface area contributed by atoms with Gasteiger partial charge in [-0.05, 0) is 0 Å². The summed E-state index contributed by atoms with van der Waals surface area (Å²) in [4.78, 5) is 15.0. The van der Waals surface area contributed by atoms with Crippen LogP contribution in [0.4, 0.5) is 8.78 Å². The van der Waals surface area contributed by atoms with E-state index in [0.29, 0.717) is 0 Å².